The fourth-order valence-corrected chi connectivity index (χ4v) is 5.07. The van der Waals surface area contributed by atoms with Gasteiger partial charge in [-0.3, -0.25) is 9.59 Å². The van der Waals surface area contributed by atoms with E-state index in [9.17, 15) is 9.59 Å². The summed E-state index contributed by atoms with van der Waals surface area (Å²) in [6.07, 6.45) is 6.10. The summed E-state index contributed by atoms with van der Waals surface area (Å²) in [4.78, 5) is 25.6. The number of carbonyl (C=O) groups is 2. The fourth-order valence-electron chi connectivity index (χ4n) is 3.75. The number of nitrogens with one attached hydrogen (secondary N) is 1. The van der Waals surface area contributed by atoms with E-state index in [1.807, 2.05) is 12.1 Å². The van der Waals surface area contributed by atoms with E-state index in [2.05, 4.69) is 38.2 Å². The molecule has 0 bridgehead atoms. The number of rotatable bonds is 7. The first-order valence-corrected chi connectivity index (χ1v) is 11.5. The third kappa shape index (κ3) is 5.63. The highest BCUT2D eigenvalue weighted by Crippen LogP contribution is 2.37. The van der Waals surface area contributed by atoms with Crippen LogP contribution >= 0.6 is 11.3 Å². The van der Waals surface area contributed by atoms with Gasteiger partial charge in [-0.05, 0) is 60.8 Å². The van der Waals surface area contributed by atoms with Crippen LogP contribution in [0.25, 0.3) is 0 Å². The van der Waals surface area contributed by atoms with Crippen molar-refractivity contribution in [3.05, 3.63) is 45.8 Å². The van der Waals surface area contributed by atoms with Gasteiger partial charge in [-0.2, -0.15) is 0 Å². The minimum atomic E-state index is -0.452. The smallest absolute Gasteiger partial charge is 0.251 e. The molecule has 5 nitrogen and oxygen atoms in total. The molecular formula is C24H32N2O3S. The first-order chi connectivity index (χ1) is 14.3. The predicted octanol–water partition coefficient (Wildman–Crippen LogP) is 5.21. The first-order valence-electron chi connectivity index (χ1n) is 10.7. The second kappa shape index (κ2) is 9.65. The molecule has 30 heavy (non-hydrogen) atoms. The molecule has 1 aliphatic rings. The molecule has 3 rings (SSSR count). The zero-order valence-corrected chi connectivity index (χ0v) is 19.0. The van der Waals surface area contributed by atoms with E-state index in [4.69, 9.17) is 10.5 Å². The number of primary amides is 1. The highest BCUT2D eigenvalue weighted by atomic mass is 32.1. The van der Waals surface area contributed by atoms with Crippen LogP contribution in [0.5, 0.6) is 5.75 Å². The van der Waals surface area contributed by atoms with Crippen LogP contribution in [0.1, 0.15) is 79.2 Å². The maximum absolute atomic E-state index is 12.4. The van der Waals surface area contributed by atoms with Crippen molar-refractivity contribution in [2.45, 2.75) is 71.1 Å². The van der Waals surface area contributed by atoms with Gasteiger partial charge in [-0.25, -0.2) is 0 Å². The van der Waals surface area contributed by atoms with Crippen molar-refractivity contribution in [2.75, 3.05) is 11.9 Å². The molecule has 0 unspecified atom stereocenters. The Kier molecular flexibility index (Phi) is 7.19. The minimum absolute atomic E-state index is 0.111. The van der Waals surface area contributed by atoms with Gasteiger partial charge < -0.3 is 15.8 Å². The number of ether oxygens (including phenoxy) is 1. The van der Waals surface area contributed by atoms with E-state index in [0.717, 1.165) is 37.0 Å². The third-order valence-corrected chi connectivity index (χ3v) is 6.67. The van der Waals surface area contributed by atoms with Crippen molar-refractivity contribution in [1.82, 2.24) is 0 Å². The Labute approximate surface area is 183 Å². The van der Waals surface area contributed by atoms with Gasteiger partial charge in [-0.15, -0.1) is 11.3 Å². The number of aryl methyl sites for hydroxylation is 1. The summed E-state index contributed by atoms with van der Waals surface area (Å²) in [5, 5.41) is 3.52. The summed E-state index contributed by atoms with van der Waals surface area (Å²) in [5.74, 6) is 0.244. The largest absolute Gasteiger partial charge is 0.494 e. The molecule has 1 aromatic carbocycles. The summed E-state index contributed by atoms with van der Waals surface area (Å²) < 4.78 is 5.76. The quantitative estimate of drug-likeness (QED) is 0.469. The summed E-state index contributed by atoms with van der Waals surface area (Å²) in [7, 11) is 0. The normalized spacial score (nSPS) is 14.0. The van der Waals surface area contributed by atoms with Crippen LogP contribution in [0.15, 0.2) is 24.3 Å². The number of benzene rings is 1. The van der Waals surface area contributed by atoms with Crippen molar-refractivity contribution in [3.63, 3.8) is 0 Å². The standard InChI is InChI=1S/C24H32N2O3S/c1-24(2,3)16-11-13-17(14-12-16)29-15-7-10-20(27)26-23-21(22(25)28)18-8-5-4-6-9-19(18)30-23/h11-14H,4-10,15H2,1-3H3,(H2,25,28)(H,26,27). The lowest BCUT2D eigenvalue weighted by molar-refractivity contribution is -0.116. The van der Waals surface area contributed by atoms with E-state index in [1.165, 1.54) is 28.2 Å². The lowest BCUT2D eigenvalue weighted by Crippen LogP contribution is -2.18. The third-order valence-electron chi connectivity index (χ3n) is 5.46. The molecule has 2 amide bonds. The predicted molar refractivity (Wildman–Crippen MR) is 123 cm³/mol. The van der Waals surface area contributed by atoms with Gasteiger partial charge >= 0.3 is 0 Å². The van der Waals surface area contributed by atoms with Gasteiger partial charge in [0.15, 0.2) is 0 Å². The molecular weight excluding hydrogens is 396 g/mol. The molecule has 2 aromatic rings. The first kappa shape index (κ1) is 22.3. The summed E-state index contributed by atoms with van der Waals surface area (Å²) in [5.41, 5.74) is 8.56. The number of hydrogen-bond acceptors (Lipinski definition) is 4. The van der Waals surface area contributed by atoms with Crippen LogP contribution in [-0.4, -0.2) is 18.4 Å². The van der Waals surface area contributed by atoms with Crippen molar-refractivity contribution in [2.24, 2.45) is 5.73 Å². The van der Waals surface area contributed by atoms with Gasteiger partial charge in [0.25, 0.3) is 5.91 Å². The number of anilines is 1. The molecule has 6 heteroatoms. The zero-order chi connectivity index (χ0) is 21.7. The Morgan fingerprint density at radius 3 is 2.47 bits per heavy atom. The maximum atomic E-state index is 12.4. The van der Waals surface area contributed by atoms with Crippen molar-refractivity contribution in [1.29, 1.82) is 0 Å². The Balaban J connectivity index is 1.51. The summed E-state index contributed by atoms with van der Waals surface area (Å²) >= 11 is 1.51. The van der Waals surface area contributed by atoms with Gasteiger partial charge in [0.05, 0.1) is 12.2 Å². The Hall–Kier alpha value is -2.34. The molecule has 1 aromatic heterocycles. The lowest BCUT2D eigenvalue weighted by Gasteiger charge is -2.19. The molecule has 0 radical (unpaired) electrons. The molecule has 1 aliphatic carbocycles. The fraction of sp³-hybridized carbons (Fsp3) is 0.500. The molecule has 162 valence electrons. The highest BCUT2D eigenvalue weighted by Gasteiger charge is 2.24. The number of amides is 2. The van der Waals surface area contributed by atoms with Crippen LogP contribution < -0.4 is 15.8 Å². The van der Waals surface area contributed by atoms with E-state index in [-0.39, 0.29) is 11.3 Å². The average molecular weight is 429 g/mol. The highest BCUT2D eigenvalue weighted by molar-refractivity contribution is 7.17. The van der Waals surface area contributed by atoms with Crippen LogP contribution in [0.3, 0.4) is 0 Å². The number of fused-ring (bicyclic) bond motifs is 1. The van der Waals surface area contributed by atoms with Gasteiger partial charge in [0.2, 0.25) is 5.91 Å². The van der Waals surface area contributed by atoms with Gasteiger partial charge in [0.1, 0.15) is 10.8 Å². The van der Waals surface area contributed by atoms with E-state index in [0.29, 0.717) is 30.0 Å². The molecule has 0 fully saturated rings. The summed E-state index contributed by atoms with van der Waals surface area (Å²) in [6.45, 7) is 7.00. The van der Waals surface area contributed by atoms with Gasteiger partial charge in [-0.1, -0.05) is 39.3 Å². The molecule has 0 saturated carbocycles. The molecule has 0 saturated heterocycles. The maximum Gasteiger partial charge on any atom is 0.251 e. The SMILES string of the molecule is CC(C)(C)c1ccc(OCCCC(=O)Nc2sc3c(c2C(N)=O)CCCCC3)cc1. The molecule has 3 N–H and O–H groups in total. The molecule has 0 aliphatic heterocycles. The number of hydrogen-bond donors (Lipinski definition) is 2. The number of carbonyl (C=O) groups excluding carboxylic acids is 2. The second-order valence-corrected chi connectivity index (χ2v) is 10.0. The van der Waals surface area contributed by atoms with Crippen LogP contribution in [0.2, 0.25) is 0 Å². The Morgan fingerprint density at radius 1 is 1.10 bits per heavy atom. The Bertz CT molecular complexity index is 894. The minimum Gasteiger partial charge on any atom is -0.494 e. The summed E-state index contributed by atoms with van der Waals surface area (Å²) in [6, 6.07) is 8.10. The van der Waals surface area contributed by atoms with Crippen molar-refractivity contribution >= 4 is 28.2 Å². The Morgan fingerprint density at radius 2 is 1.80 bits per heavy atom. The molecule has 0 spiro atoms. The van der Waals surface area contributed by atoms with Crippen molar-refractivity contribution in [3.8, 4) is 5.75 Å². The molecule has 1 heterocycles. The van der Waals surface area contributed by atoms with E-state index >= 15 is 0 Å². The van der Waals surface area contributed by atoms with E-state index < -0.39 is 5.91 Å². The zero-order valence-electron chi connectivity index (χ0n) is 18.2. The monoisotopic (exact) mass is 428 g/mol. The lowest BCUT2D eigenvalue weighted by atomic mass is 9.87. The van der Waals surface area contributed by atoms with Crippen LogP contribution in [0, 0.1) is 0 Å². The molecule has 0 atom stereocenters. The van der Waals surface area contributed by atoms with E-state index in [1.54, 1.807) is 0 Å². The van der Waals surface area contributed by atoms with Crippen molar-refractivity contribution < 1.29 is 14.3 Å². The average Bonchev–Trinajstić information content (AvgIpc) is 2.86. The topological polar surface area (TPSA) is 81.4 Å². The van der Waals surface area contributed by atoms with Crippen LogP contribution in [-0.2, 0) is 23.1 Å². The van der Waals surface area contributed by atoms with Crippen LogP contribution in [0.4, 0.5) is 5.00 Å². The number of nitrogens with two attached hydrogens (primary N) is 1. The van der Waals surface area contributed by atoms with Gasteiger partial charge in [0, 0.05) is 11.3 Å². The second-order valence-electron chi connectivity index (χ2n) is 8.91. The number of thiophene rings is 1.